The Balaban J connectivity index is 0.00000131. The van der Waals surface area contributed by atoms with Crippen molar-refractivity contribution in [1.29, 1.82) is 0 Å². The number of fused-ring (bicyclic) bond motifs is 1. The minimum Gasteiger partial charge on any atom is -0.662 e. The second kappa shape index (κ2) is 10.6. The quantitative estimate of drug-likeness (QED) is 0.535. The third-order valence-corrected chi connectivity index (χ3v) is 5.25. The van der Waals surface area contributed by atoms with E-state index in [0.717, 1.165) is 60.7 Å². The Bertz CT molecular complexity index is 855. The first kappa shape index (κ1) is 23.2. The molecular formula is C21H24N3OY2-. The van der Waals surface area contributed by atoms with Gasteiger partial charge >= 0.3 is 0 Å². The number of ether oxygens (including phenoxy) is 1. The summed E-state index contributed by atoms with van der Waals surface area (Å²) < 4.78 is 6.13. The Hall–Kier alpha value is -0.122. The van der Waals surface area contributed by atoms with Crippen LogP contribution < -0.4 is 4.74 Å². The molecule has 0 bridgehead atoms. The van der Waals surface area contributed by atoms with Crippen molar-refractivity contribution < 1.29 is 70.2 Å². The van der Waals surface area contributed by atoms with Crippen LogP contribution in [0.5, 0.6) is 5.75 Å². The van der Waals surface area contributed by atoms with Gasteiger partial charge in [0.1, 0.15) is 11.6 Å². The van der Waals surface area contributed by atoms with Crippen LogP contribution in [-0.4, -0.2) is 29.7 Å². The molecule has 2 heterocycles. The normalized spacial score (nSPS) is 14.4. The Kier molecular flexibility index (Phi) is 9.09. The number of piperidine rings is 1. The van der Waals surface area contributed by atoms with Crippen molar-refractivity contribution in [2.75, 3.05) is 19.7 Å². The molecule has 0 saturated carbocycles. The minimum atomic E-state index is 0. The smallest absolute Gasteiger partial charge is 0.138 e. The second-order valence-corrected chi connectivity index (χ2v) is 6.89. The average molecular weight is 512 g/mol. The molecule has 6 heteroatoms. The number of hydrogen-bond acceptors (Lipinski definition) is 2. The van der Waals surface area contributed by atoms with Crippen molar-refractivity contribution >= 4 is 11.0 Å². The van der Waals surface area contributed by atoms with Crippen LogP contribution in [0.1, 0.15) is 24.0 Å². The number of aromatic amines is 1. The second-order valence-electron chi connectivity index (χ2n) is 6.89. The van der Waals surface area contributed by atoms with E-state index in [2.05, 4.69) is 42.3 Å². The minimum absolute atomic E-state index is 0. The number of benzene rings is 2. The van der Waals surface area contributed by atoms with Gasteiger partial charge in [-0.3, -0.25) is 0 Å². The third-order valence-electron chi connectivity index (χ3n) is 5.25. The van der Waals surface area contributed by atoms with Gasteiger partial charge in [0.05, 0.1) is 17.6 Å². The molecule has 1 N–H and O–H groups in total. The van der Waals surface area contributed by atoms with E-state index >= 15 is 0 Å². The van der Waals surface area contributed by atoms with Crippen LogP contribution >= 0.6 is 0 Å². The zero-order chi connectivity index (χ0) is 17.2. The van der Waals surface area contributed by atoms with Crippen LogP contribution in [0, 0.1) is 19.8 Å². The number of hydrogen-bond donors (Lipinski definition) is 1. The van der Waals surface area contributed by atoms with Crippen LogP contribution in [-0.2, 0) is 65.4 Å². The van der Waals surface area contributed by atoms with Gasteiger partial charge in [-0.15, -0.1) is 13.1 Å². The molecule has 136 valence electrons. The van der Waals surface area contributed by atoms with Crippen LogP contribution in [0.3, 0.4) is 0 Å². The number of para-hydroxylation sites is 2. The first-order chi connectivity index (χ1) is 12.2. The fourth-order valence-electron chi connectivity index (χ4n) is 3.47. The van der Waals surface area contributed by atoms with E-state index in [0.29, 0.717) is 5.92 Å². The fourth-order valence-corrected chi connectivity index (χ4v) is 3.47. The Morgan fingerprint density at radius 2 is 1.78 bits per heavy atom. The number of aromatic nitrogens is 2. The van der Waals surface area contributed by atoms with Gasteiger partial charge in [-0.1, -0.05) is 25.0 Å². The maximum atomic E-state index is 6.13. The molecule has 1 aromatic heterocycles. The Morgan fingerprint density at radius 3 is 2.52 bits per heavy atom. The van der Waals surface area contributed by atoms with Crippen molar-refractivity contribution in [2.24, 2.45) is 5.92 Å². The largest absolute Gasteiger partial charge is 0.662 e. The van der Waals surface area contributed by atoms with Gasteiger partial charge in [-0.25, -0.2) is 4.98 Å². The van der Waals surface area contributed by atoms with Crippen LogP contribution in [0.2, 0.25) is 0 Å². The Morgan fingerprint density at radius 1 is 1.04 bits per heavy atom. The summed E-state index contributed by atoms with van der Waals surface area (Å²) in [5.41, 5.74) is 5.61. The Labute approximate surface area is 211 Å². The summed E-state index contributed by atoms with van der Waals surface area (Å²) >= 11 is 0. The van der Waals surface area contributed by atoms with Crippen LogP contribution in [0.15, 0.2) is 36.4 Å². The summed E-state index contributed by atoms with van der Waals surface area (Å²) in [7, 11) is 0. The monoisotopic (exact) mass is 512 g/mol. The SMILES string of the molecule is Cc1c(OCC2CC[N-]CC2)ccc(-c2nc3ccccc3[nH]2)c1C.[Y].[Y]. The molecule has 1 saturated heterocycles. The molecule has 0 aliphatic carbocycles. The van der Waals surface area contributed by atoms with Crippen LogP contribution in [0.4, 0.5) is 0 Å². The molecule has 0 amide bonds. The molecule has 1 aliphatic rings. The summed E-state index contributed by atoms with van der Waals surface area (Å²) in [5, 5.41) is 4.41. The van der Waals surface area contributed by atoms with E-state index < -0.39 is 0 Å². The summed E-state index contributed by atoms with van der Waals surface area (Å²) in [4.78, 5) is 8.15. The van der Waals surface area contributed by atoms with Gasteiger partial charge in [-0.2, -0.15) is 0 Å². The summed E-state index contributed by atoms with van der Waals surface area (Å²) in [6.45, 7) is 7.03. The van der Waals surface area contributed by atoms with Gasteiger partial charge in [0.25, 0.3) is 0 Å². The van der Waals surface area contributed by atoms with Crippen LogP contribution in [0.25, 0.3) is 27.7 Å². The summed E-state index contributed by atoms with van der Waals surface area (Å²) in [6.07, 6.45) is 2.30. The zero-order valence-corrected chi connectivity index (χ0v) is 21.7. The van der Waals surface area contributed by atoms with E-state index in [9.17, 15) is 0 Å². The van der Waals surface area contributed by atoms with Crippen molar-refractivity contribution in [2.45, 2.75) is 26.7 Å². The van der Waals surface area contributed by atoms with E-state index in [4.69, 9.17) is 9.72 Å². The predicted molar refractivity (Wildman–Crippen MR) is 102 cm³/mol. The van der Waals surface area contributed by atoms with E-state index in [1.807, 2.05) is 18.2 Å². The molecule has 1 aliphatic heterocycles. The van der Waals surface area contributed by atoms with Crippen molar-refractivity contribution in [3.63, 3.8) is 0 Å². The fraction of sp³-hybridized carbons (Fsp3) is 0.381. The molecule has 2 aromatic carbocycles. The zero-order valence-electron chi connectivity index (χ0n) is 16.0. The maximum absolute atomic E-state index is 6.13. The molecule has 1 fully saturated rings. The molecule has 0 unspecified atom stereocenters. The van der Waals surface area contributed by atoms with E-state index in [1.165, 1.54) is 11.1 Å². The number of nitrogens with zero attached hydrogens (tertiary/aromatic N) is 2. The number of H-pyrrole nitrogens is 1. The molecule has 0 spiro atoms. The number of rotatable bonds is 4. The first-order valence-corrected chi connectivity index (χ1v) is 9.04. The number of nitrogens with one attached hydrogen (secondary N) is 1. The molecule has 4 rings (SSSR count). The van der Waals surface area contributed by atoms with Gasteiger partial charge in [-0.05, 0) is 55.2 Å². The van der Waals surface area contributed by atoms with Gasteiger partial charge < -0.3 is 15.0 Å². The van der Waals surface area contributed by atoms with Gasteiger partial charge in [0.2, 0.25) is 0 Å². The van der Waals surface area contributed by atoms with E-state index in [1.54, 1.807) is 0 Å². The summed E-state index contributed by atoms with van der Waals surface area (Å²) in [6, 6.07) is 12.3. The van der Waals surface area contributed by atoms with Crippen molar-refractivity contribution in [3.05, 3.63) is 52.8 Å². The van der Waals surface area contributed by atoms with Crippen molar-refractivity contribution in [3.8, 4) is 17.1 Å². The van der Waals surface area contributed by atoms with Gasteiger partial charge in [0, 0.05) is 71.0 Å². The van der Waals surface area contributed by atoms with Gasteiger partial charge in [0.15, 0.2) is 0 Å². The number of imidazole rings is 1. The predicted octanol–water partition coefficient (Wildman–Crippen LogP) is 5.00. The topological polar surface area (TPSA) is 52.0 Å². The standard InChI is InChI=1S/C21H24N3O.2Y/c1-14-15(2)20(25-13-16-9-11-22-12-10-16)8-7-17(14)21-23-18-5-3-4-6-19(18)24-21;;/h3-8,16H,9-13H2,1-2H3,(H,23,24);;/q-1;;. The molecule has 27 heavy (non-hydrogen) atoms. The molecule has 3 aromatic rings. The van der Waals surface area contributed by atoms with Crippen molar-refractivity contribution in [1.82, 2.24) is 9.97 Å². The maximum Gasteiger partial charge on any atom is 0.138 e. The molecular weight excluding hydrogens is 488 g/mol. The molecule has 2 radical (unpaired) electrons. The first-order valence-electron chi connectivity index (χ1n) is 9.04. The average Bonchev–Trinajstić information content (AvgIpc) is 3.07. The summed E-state index contributed by atoms with van der Waals surface area (Å²) in [5.74, 6) is 2.54. The molecule has 0 atom stereocenters. The molecule has 4 nitrogen and oxygen atoms in total. The van der Waals surface area contributed by atoms with E-state index in [-0.39, 0.29) is 65.4 Å². The third kappa shape index (κ3) is 5.28.